The Morgan fingerprint density at radius 1 is 1.47 bits per heavy atom. The van der Waals surface area contributed by atoms with Gasteiger partial charge in [-0.2, -0.15) is 0 Å². The highest BCUT2D eigenvalue weighted by Gasteiger charge is 2.19. The zero-order valence-electron chi connectivity index (χ0n) is 10.6. The third kappa shape index (κ3) is 3.26. The molecule has 1 unspecified atom stereocenters. The van der Waals surface area contributed by atoms with Crippen molar-refractivity contribution in [3.63, 3.8) is 0 Å². The van der Waals surface area contributed by atoms with Crippen molar-refractivity contribution in [1.82, 2.24) is 0 Å². The van der Waals surface area contributed by atoms with Gasteiger partial charge in [0.1, 0.15) is 5.76 Å². The summed E-state index contributed by atoms with van der Waals surface area (Å²) in [6, 6.07) is 2.07. The molecule has 1 aromatic rings. The van der Waals surface area contributed by atoms with E-state index in [2.05, 4.69) is 47.3 Å². The molecule has 1 atom stereocenters. The lowest BCUT2D eigenvalue weighted by Crippen LogP contribution is -2.10. The van der Waals surface area contributed by atoms with Gasteiger partial charge in [-0.15, -0.1) is 0 Å². The predicted molar refractivity (Wildman–Crippen MR) is 65.1 cm³/mol. The fourth-order valence-corrected chi connectivity index (χ4v) is 1.63. The maximum absolute atomic E-state index is 5.57. The third-order valence-corrected chi connectivity index (χ3v) is 2.68. The van der Waals surface area contributed by atoms with Crippen LogP contribution in [0.3, 0.4) is 0 Å². The van der Waals surface area contributed by atoms with Gasteiger partial charge in [0.15, 0.2) is 0 Å². The summed E-state index contributed by atoms with van der Waals surface area (Å²) in [5.74, 6) is 1.50. The average molecular weight is 206 g/mol. The zero-order valence-corrected chi connectivity index (χ0v) is 10.6. The second kappa shape index (κ2) is 4.26. The van der Waals surface area contributed by atoms with Crippen molar-refractivity contribution in [2.75, 3.05) is 0 Å². The molecule has 0 saturated heterocycles. The molecule has 84 valence electrons. The summed E-state index contributed by atoms with van der Waals surface area (Å²) in [5.41, 5.74) is 2.74. The van der Waals surface area contributed by atoms with Gasteiger partial charge in [0, 0.05) is 17.9 Å². The van der Waals surface area contributed by atoms with Crippen molar-refractivity contribution in [2.45, 2.75) is 47.0 Å². The molecule has 0 radical (unpaired) electrons. The summed E-state index contributed by atoms with van der Waals surface area (Å²) in [4.78, 5) is 0. The molecule has 1 aromatic heterocycles. The molecule has 1 nitrogen and oxygen atoms in total. The summed E-state index contributed by atoms with van der Waals surface area (Å²) >= 11 is 0. The average Bonchev–Trinajstić information content (AvgIpc) is 2.47. The van der Waals surface area contributed by atoms with Crippen molar-refractivity contribution >= 4 is 0 Å². The van der Waals surface area contributed by atoms with E-state index in [9.17, 15) is 0 Å². The number of rotatable bonds is 3. The fourth-order valence-electron chi connectivity index (χ4n) is 1.63. The first-order valence-electron chi connectivity index (χ1n) is 5.53. The van der Waals surface area contributed by atoms with E-state index in [1.807, 2.05) is 0 Å². The molecule has 0 aliphatic heterocycles. The molecular weight excluding hydrogens is 184 g/mol. The number of hydrogen-bond donors (Lipinski definition) is 0. The summed E-state index contributed by atoms with van der Waals surface area (Å²) < 4.78 is 5.57. The lowest BCUT2D eigenvalue weighted by molar-refractivity contribution is 0.360. The molecule has 0 aliphatic carbocycles. The zero-order chi connectivity index (χ0) is 11.6. The topological polar surface area (TPSA) is 13.1 Å². The van der Waals surface area contributed by atoms with E-state index in [0.717, 1.165) is 12.2 Å². The SMILES string of the molecule is C=C(C)C(C)c1ccoc1CC(C)(C)C. The molecule has 0 bridgehead atoms. The van der Waals surface area contributed by atoms with Crippen LogP contribution in [0.15, 0.2) is 28.9 Å². The Balaban J connectivity index is 2.92. The van der Waals surface area contributed by atoms with Crippen molar-refractivity contribution in [3.8, 4) is 0 Å². The van der Waals surface area contributed by atoms with Gasteiger partial charge in [-0.1, -0.05) is 39.8 Å². The first-order valence-corrected chi connectivity index (χ1v) is 5.53. The number of allylic oxidation sites excluding steroid dienone is 1. The first kappa shape index (κ1) is 12.1. The highest BCUT2D eigenvalue weighted by atomic mass is 16.3. The van der Waals surface area contributed by atoms with Gasteiger partial charge in [-0.25, -0.2) is 0 Å². The largest absolute Gasteiger partial charge is 0.469 e. The molecular formula is C14H22O. The summed E-state index contributed by atoms with van der Waals surface area (Å²) in [6.45, 7) is 14.9. The van der Waals surface area contributed by atoms with E-state index in [1.54, 1.807) is 6.26 Å². The van der Waals surface area contributed by atoms with Crippen LogP contribution in [-0.4, -0.2) is 0 Å². The molecule has 0 spiro atoms. The van der Waals surface area contributed by atoms with E-state index in [-0.39, 0.29) is 5.41 Å². The van der Waals surface area contributed by atoms with Crippen LogP contribution < -0.4 is 0 Å². The molecule has 1 heterocycles. The van der Waals surface area contributed by atoms with Gasteiger partial charge >= 0.3 is 0 Å². The van der Waals surface area contributed by atoms with Crippen molar-refractivity contribution in [1.29, 1.82) is 0 Å². The second-order valence-electron chi connectivity index (χ2n) is 5.60. The van der Waals surface area contributed by atoms with Crippen LogP contribution in [0.5, 0.6) is 0 Å². The van der Waals surface area contributed by atoms with Crippen molar-refractivity contribution in [3.05, 3.63) is 35.8 Å². The Kier molecular flexibility index (Phi) is 3.43. The van der Waals surface area contributed by atoms with E-state index in [1.165, 1.54) is 11.1 Å². The molecule has 0 aromatic carbocycles. The molecule has 0 saturated carbocycles. The molecule has 1 heteroatoms. The maximum atomic E-state index is 5.57. The normalized spacial score (nSPS) is 13.9. The summed E-state index contributed by atoms with van der Waals surface area (Å²) in [6.07, 6.45) is 2.77. The smallest absolute Gasteiger partial charge is 0.108 e. The molecule has 0 fully saturated rings. The van der Waals surface area contributed by atoms with Crippen LogP contribution in [0.2, 0.25) is 0 Å². The first-order chi connectivity index (χ1) is 6.81. The van der Waals surface area contributed by atoms with Gasteiger partial charge in [0.05, 0.1) is 6.26 Å². The monoisotopic (exact) mass is 206 g/mol. The minimum absolute atomic E-state index is 0.265. The third-order valence-electron chi connectivity index (χ3n) is 2.68. The quantitative estimate of drug-likeness (QED) is 0.661. The lowest BCUT2D eigenvalue weighted by atomic mass is 9.86. The maximum Gasteiger partial charge on any atom is 0.108 e. The summed E-state index contributed by atoms with van der Waals surface area (Å²) in [5, 5.41) is 0. The Hall–Kier alpha value is -0.980. The predicted octanol–water partition coefficient (Wildman–Crippen LogP) is 4.55. The number of furan rings is 1. The molecule has 1 rings (SSSR count). The number of hydrogen-bond acceptors (Lipinski definition) is 1. The van der Waals surface area contributed by atoms with Crippen molar-refractivity contribution < 1.29 is 4.42 Å². The van der Waals surface area contributed by atoms with E-state index >= 15 is 0 Å². The highest BCUT2D eigenvalue weighted by molar-refractivity contribution is 5.28. The standard InChI is InChI=1S/C14H22O/c1-10(2)11(3)12-7-8-15-13(12)9-14(4,5)6/h7-8,11H,1,9H2,2-6H3. The van der Waals surface area contributed by atoms with Crippen LogP contribution >= 0.6 is 0 Å². The van der Waals surface area contributed by atoms with Crippen LogP contribution in [0.4, 0.5) is 0 Å². The highest BCUT2D eigenvalue weighted by Crippen LogP contribution is 2.30. The van der Waals surface area contributed by atoms with Gasteiger partial charge in [0.2, 0.25) is 0 Å². The Labute approximate surface area is 93.2 Å². The van der Waals surface area contributed by atoms with Gasteiger partial charge in [-0.05, 0) is 18.4 Å². The summed E-state index contributed by atoms with van der Waals surface area (Å²) in [7, 11) is 0. The minimum Gasteiger partial charge on any atom is -0.469 e. The molecule has 0 aliphatic rings. The van der Waals surface area contributed by atoms with Crippen LogP contribution in [0.1, 0.15) is 51.9 Å². The Bertz CT molecular complexity index is 338. The lowest BCUT2D eigenvalue weighted by Gasteiger charge is -2.19. The van der Waals surface area contributed by atoms with Crippen LogP contribution in [0, 0.1) is 5.41 Å². The Morgan fingerprint density at radius 2 is 2.07 bits per heavy atom. The Morgan fingerprint density at radius 3 is 2.53 bits per heavy atom. The van der Waals surface area contributed by atoms with Gasteiger partial charge < -0.3 is 4.42 Å². The van der Waals surface area contributed by atoms with E-state index < -0.39 is 0 Å². The second-order valence-corrected chi connectivity index (χ2v) is 5.60. The molecule has 0 amide bonds. The van der Waals surface area contributed by atoms with Crippen LogP contribution in [-0.2, 0) is 6.42 Å². The van der Waals surface area contributed by atoms with Gasteiger partial charge in [-0.3, -0.25) is 0 Å². The molecule has 0 N–H and O–H groups in total. The fraction of sp³-hybridized carbons (Fsp3) is 0.571. The minimum atomic E-state index is 0.265. The van der Waals surface area contributed by atoms with E-state index in [4.69, 9.17) is 4.42 Å². The van der Waals surface area contributed by atoms with E-state index in [0.29, 0.717) is 5.92 Å². The molecule has 15 heavy (non-hydrogen) atoms. The van der Waals surface area contributed by atoms with Crippen LogP contribution in [0.25, 0.3) is 0 Å². The van der Waals surface area contributed by atoms with Crippen molar-refractivity contribution in [2.24, 2.45) is 5.41 Å². The van der Waals surface area contributed by atoms with Gasteiger partial charge in [0.25, 0.3) is 0 Å².